The summed E-state index contributed by atoms with van der Waals surface area (Å²) >= 11 is 3.33. The Morgan fingerprint density at radius 3 is 2.80 bits per heavy atom. The monoisotopic (exact) mass is 269 g/mol. The highest BCUT2D eigenvalue weighted by atomic mass is 79.9. The second-order valence-corrected chi connectivity index (χ2v) is 3.99. The lowest BCUT2D eigenvalue weighted by Gasteiger charge is -2.00. The predicted octanol–water partition coefficient (Wildman–Crippen LogP) is 3.70. The minimum Gasteiger partial charge on any atom is -0.258 e. The lowest BCUT2D eigenvalue weighted by atomic mass is 10.1. The number of hydrogen-bond acceptors (Lipinski definition) is 2. The van der Waals surface area contributed by atoms with Crippen LogP contribution >= 0.6 is 15.9 Å². The van der Waals surface area contributed by atoms with Crippen molar-refractivity contribution in [2.75, 3.05) is 5.33 Å². The summed E-state index contributed by atoms with van der Waals surface area (Å²) in [6, 6.07) is 5.25. The first-order chi connectivity index (χ1) is 7.04. The Bertz CT molecular complexity index is 413. The summed E-state index contributed by atoms with van der Waals surface area (Å²) in [4.78, 5) is 10.4. The van der Waals surface area contributed by atoms with Crippen LogP contribution in [0.3, 0.4) is 0 Å². The summed E-state index contributed by atoms with van der Waals surface area (Å²) in [7, 11) is 0. The van der Waals surface area contributed by atoms with E-state index in [1.54, 1.807) is 19.1 Å². The van der Waals surface area contributed by atoms with Crippen molar-refractivity contribution in [1.29, 1.82) is 0 Å². The molecule has 0 N–H and O–H groups in total. The normalized spacial score (nSPS) is 11.5. The number of halogens is 1. The number of nitro groups is 1. The standard InChI is InChI=1S/C11H12BrNO2/c1-8(7-12)5-10-4-3-9(2)11(6-10)13(14)15/h3-6H,7H2,1-2H3/b8-5-. The third-order valence-corrected chi connectivity index (χ3v) is 2.94. The Morgan fingerprint density at radius 1 is 1.60 bits per heavy atom. The van der Waals surface area contributed by atoms with E-state index in [-0.39, 0.29) is 10.6 Å². The van der Waals surface area contributed by atoms with Crippen LogP contribution in [0, 0.1) is 17.0 Å². The molecule has 0 aliphatic carbocycles. The first kappa shape index (κ1) is 11.9. The van der Waals surface area contributed by atoms with Gasteiger partial charge in [0, 0.05) is 17.0 Å². The van der Waals surface area contributed by atoms with Gasteiger partial charge in [0.05, 0.1) is 4.92 Å². The van der Waals surface area contributed by atoms with Crippen molar-refractivity contribution in [3.63, 3.8) is 0 Å². The van der Waals surface area contributed by atoms with Gasteiger partial charge in [0.15, 0.2) is 0 Å². The summed E-state index contributed by atoms with van der Waals surface area (Å²) < 4.78 is 0. The molecule has 1 rings (SSSR count). The fourth-order valence-corrected chi connectivity index (χ4v) is 1.40. The molecule has 80 valence electrons. The fraction of sp³-hybridized carbons (Fsp3) is 0.273. The first-order valence-corrected chi connectivity index (χ1v) is 5.65. The first-order valence-electron chi connectivity index (χ1n) is 4.52. The van der Waals surface area contributed by atoms with E-state index in [1.165, 1.54) is 0 Å². The molecule has 0 amide bonds. The van der Waals surface area contributed by atoms with Gasteiger partial charge < -0.3 is 0 Å². The third kappa shape index (κ3) is 3.16. The van der Waals surface area contributed by atoms with Crippen LogP contribution in [-0.4, -0.2) is 10.3 Å². The molecule has 15 heavy (non-hydrogen) atoms. The van der Waals surface area contributed by atoms with E-state index in [9.17, 15) is 10.1 Å². The maximum atomic E-state index is 10.7. The van der Waals surface area contributed by atoms with Gasteiger partial charge in [0.1, 0.15) is 0 Å². The quantitative estimate of drug-likeness (QED) is 0.477. The van der Waals surface area contributed by atoms with Crippen molar-refractivity contribution in [2.24, 2.45) is 0 Å². The van der Waals surface area contributed by atoms with Crippen molar-refractivity contribution in [3.8, 4) is 0 Å². The Balaban J connectivity index is 3.13. The number of rotatable bonds is 3. The molecule has 0 unspecified atom stereocenters. The molecule has 0 aromatic heterocycles. The van der Waals surface area contributed by atoms with E-state index < -0.39 is 0 Å². The summed E-state index contributed by atoms with van der Waals surface area (Å²) in [6.07, 6.45) is 1.93. The topological polar surface area (TPSA) is 43.1 Å². The van der Waals surface area contributed by atoms with Crippen molar-refractivity contribution >= 4 is 27.7 Å². The van der Waals surface area contributed by atoms with Gasteiger partial charge >= 0.3 is 0 Å². The van der Waals surface area contributed by atoms with Gasteiger partial charge in [-0.25, -0.2) is 0 Å². The van der Waals surface area contributed by atoms with Gasteiger partial charge in [-0.2, -0.15) is 0 Å². The Kier molecular flexibility index (Phi) is 4.03. The number of alkyl halides is 1. The van der Waals surface area contributed by atoms with Crippen molar-refractivity contribution in [3.05, 3.63) is 45.0 Å². The van der Waals surface area contributed by atoms with Crippen LogP contribution in [0.25, 0.3) is 6.08 Å². The zero-order valence-corrected chi connectivity index (χ0v) is 10.2. The molecule has 0 aliphatic rings. The molecule has 0 heterocycles. The molecule has 0 atom stereocenters. The minimum atomic E-state index is -0.351. The lowest BCUT2D eigenvalue weighted by Crippen LogP contribution is -1.92. The highest BCUT2D eigenvalue weighted by Gasteiger charge is 2.09. The minimum absolute atomic E-state index is 0.172. The zero-order chi connectivity index (χ0) is 11.4. The molecule has 0 saturated heterocycles. The molecular weight excluding hydrogens is 258 g/mol. The van der Waals surface area contributed by atoms with E-state index in [4.69, 9.17) is 0 Å². The number of benzene rings is 1. The number of allylic oxidation sites excluding steroid dienone is 1. The van der Waals surface area contributed by atoms with Crippen molar-refractivity contribution in [2.45, 2.75) is 13.8 Å². The highest BCUT2D eigenvalue weighted by molar-refractivity contribution is 9.09. The molecule has 0 bridgehead atoms. The van der Waals surface area contributed by atoms with E-state index >= 15 is 0 Å². The Labute approximate surface area is 97.1 Å². The molecule has 0 aliphatic heterocycles. The maximum Gasteiger partial charge on any atom is 0.272 e. The smallest absolute Gasteiger partial charge is 0.258 e. The van der Waals surface area contributed by atoms with E-state index in [0.717, 1.165) is 16.5 Å². The molecule has 3 nitrogen and oxygen atoms in total. The number of nitro benzene ring substituents is 1. The van der Waals surface area contributed by atoms with Crippen LogP contribution in [0.2, 0.25) is 0 Å². The molecule has 0 saturated carbocycles. The SMILES string of the molecule is C/C(=C/c1ccc(C)c([N+](=O)[O-])c1)CBr. The maximum absolute atomic E-state index is 10.7. The third-order valence-electron chi connectivity index (χ3n) is 2.05. The highest BCUT2D eigenvalue weighted by Crippen LogP contribution is 2.20. The average molecular weight is 270 g/mol. The fourth-order valence-electron chi connectivity index (χ4n) is 1.24. The Morgan fingerprint density at radius 2 is 2.27 bits per heavy atom. The van der Waals surface area contributed by atoms with Crippen LogP contribution in [0.15, 0.2) is 23.8 Å². The molecule has 0 fully saturated rings. The molecule has 1 aromatic carbocycles. The molecule has 1 aromatic rings. The van der Waals surface area contributed by atoms with E-state index in [1.807, 2.05) is 19.1 Å². The summed E-state index contributed by atoms with van der Waals surface area (Å²) in [5, 5.41) is 11.5. The zero-order valence-electron chi connectivity index (χ0n) is 8.66. The van der Waals surface area contributed by atoms with Gasteiger partial charge in [-0.15, -0.1) is 0 Å². The van der Waals surface area contributed by atoms with E-state index in [2.05, 4.69) is 15.9 Å². The number of aryl methyl sites for hydroxylation is 1. The Hall–Kier alpha value is -1.16. The predicted molar refractivity (Wildman–Crippen MR) is 65.3 cm³/mol. The van der Waals surface area contributed by atoms with Crippen LogP contribution in [0.4, 0.5) is 5.69 Å². The average Bonchev–Trinajstić information content (AvgIpc) is 2.20. The summed E-state index contributed by atoms with van der Waals surface area (Å²) in [6.45, 7) is 3.71. The second kappa shape index (κ2) is 5.07. The van der Waals surface area contributed by atoms with Gasteiger partial charge in [0.25, 0.3) is 5.69 Å². The molecule has 0 spiro atoms. The molecular formula is C11H12BrNO2. The van der Waals surface area contributed by atoms with Gasteiger partial charge in [-0.3, -0.25) is 10.1 Å². The largest absolute Gasteiger partial charge is 0.272 e. The van der Waals surface area contributed by atoms with Crippen LogP contribution < -0.4 is 0 Å². The van der Waals surface area contributed by atoms with E-state index in [0.29, 0.717) is 5.56 Å². The van der Waals surface area contributed by atoms with Gasteiger partial charge in [0.2, 0.25) is 0 Å². The van der Waals surface area contributed by atoms with Crippen LogP contribution in [0.1, 0.15) is 18.1 Å². The summed E-state index contributed by atoms with van der Waals surface area (Å²) in [5.41, 5.74) is 2.86. The number of nitrogens with zero attached hydrogens (tertiary/aromatic N) is 1. The summed E-state index contributed by atoms with van der Waals surface area (Å²) in [5.74, 6) is 0. The van der Waals surface area contributed by atoms with Crippen molar-refractivity contribution < 1.29 is 4.92 Å². The molecule has 0 radical (unpaired) electrons. The van der Waals surface area contributed by atoms with Gasteiger partial charge in [-0.1, -0.05) is 39.7 Å². The van der Waals surface area contributed by atoms with Crippen LogP contribution in [0.5, 0.6) is 0 Å². The molecule has 4 heteroatoms. The second-order valence-electron chi connectivity index (χ2n) is 3.43. The number of hydrogen-bond donors (Lipinski definition) is 0. The van der Waals surface area contributed by atoms with Crippen LogP contribution in [-0.2, 0) is 0 Å². The van der Waals surface area contributed by atoms with Gasteiger partial charge in [-0.05, 0) is 19.4 Å². The van der Waals surface area contributed by atoms with Crippen molar-refractivity contribution in [1.82, 2.24) is 0 Å². The lowest BCUT2D eigenvalue weighted by molar-refractivity contribution is -0.385.